The number of piperidine rings is 1. The number of nitrogens with zero attached hydrogens (tertiary/aromatic N) is 5. The molecule has 1 saturated heterocycles. The summed E-state index contributed by atoms with van der Waals surface area (Å²) in [5.74, 6) is -1.66. The van der Waals surface area contributed by atoms with Gasteiger partial charge in [-0.05, 0) is 38.0 Å². The van der Waals surface area contributed by atoms with Crippen molar-refractivity contribution < 1.29 is 33.4 Å². The fourth-order valence-electron chi connectivity index (χ4n) is 6.56. The highest BCUT2D eigenvalue weighted by Crippen LogP contribution is 2.31. The first-order chi connectivity index (χ1) is 24.9. The fraction of sp³-hybridized carbons (Fsp3) is 0.368. The number of esters is 1. The second-order valence-electron chi connectivity index (χ2n) is 12.3. The zero-order chi connectivity index (χ0) is 35.7. The third kappa shape index (κ3) is 8.16. The summed E-state index contributed by atoms with van der Waals surface area (Å²) in [6.07, 6.45) is 6.68. The fourth-order valence-corrected chi connectivity index (χ4v) is 6.56. The number of hydrogen-bond donors (Lipinski definition) is 0. The number of carbonyl (C=O) groups excluding carboxylic acids is 4. The van der Waals surface area contributed by atoms with E-state index in [4.69, 9.17) is 14.2 Å². The largest absolute Gasteiger partial charge is 0.465 e. The van der Waals surface area contributed by atoms with Crippen LogP contribution in [0.25, 0.3) is 10.8 Å². The summed E-state index contributed by atoms with van der Waals surface area (Å²) < 4.78 is 17.8. The van der Waals surface area contributed by atoms with Gasteiger partial charge in [-0.15, -0.1) is 0 Å². The summed E-state index contributed by atoms with van der Waals surface area (Å²) in [5, 5.41) is 2.10. The van der Waals surface area contributed by atoms with Crippen LogP contribution in [-0.2, 0) is 30.3 Å². The van der Waals surface area contributed by atoms with E-state index in [0.29, 0.717) is 29.8 Å². The Labute approximate surface area is 295 Å². The van der Waals surface area contributed by atoms with E-state index >= 15 is 0 Å². The number of carbonyl (C=O) groups is 4. The number of anilines is 2. The van der Waals surface area contributed by atoms with E-state index in [1.54, 1.807) is 42.2 Å². The van der Waals surface area contributed by atoms with Crippen LogP contribution in [0.2, 0.25) is 0 Å². The van der Waals surface area contributed by atoms with Crippen molar-refractivity contribution in [2.24, 2.45) is 5.92 Å². The molecule has 2 aliphatic rings. The first-order valence-corrected chi connectivity index (χ1v) is 17.2. The van der Waals surface area contributed by atoms with Crippen LogP contribution in [0, 0.1) is 5.92 Å². The van der Waals surface area contributed by atoms with Gasteiger partial charge in [0, 0.05) is 48.9 Å². The molecular formula is C38H41N5O8. The molecule has 4 heterocycles. The molecule has 51 heavy (non-hydrogen) atoms. The number of benzene rings is 2. The maximum absolute atomic E-state index is 14.3. The normalized spacial score (nSPS) is 15.7. The van der Waals surface area contributed by atoms with Gasteiger partial charge >= 0.3 is 5.97 Å². The van der Waals surface area contributed by atoms with Gasteiger partial charge in [-0.1, -0.05) is 36.4 Å². The average Bonchev–Trinajstić information content (AvgIpc) is 3.39. The number of ether oxygens (including phenoxy) is 3. The highest BCUT2D eigenvalue weighted by Gasteiger charge is 2.35. The molecule has 3 amide bonds. The monoisotopic (exact) mass is 695 g/mol. The van der Waals surface area contributed by atoms with Gasteiger partial charge in [-0.25, -0.2) is 0 Å². The van der Waals surface area contributed by atoms with E-state index in [-0.39, 0.29) is 81.9 Å². The highest BCUT2D eigenvalue weighted by molar-refractivity contribution is 6.21. The number of amides is 3. The minimum absolute atomic E-state index is 0.116. The molecular weight excluding hydrogens is 654 g/mol. The summed E-state index contributed by atoms with van der Waals surface area (Å²) in [6, 6.07) is 17.7. The SMILES string of the molecule is CCOC(=O)Cn1cc(N(CCOCCOCCN2C(=O)c3ccccc3C2=O)C(=O)[C@H]2CCCN(c3cncc4ccccc34)C2)ccc1=O. The zero-order valence-corrected chi connectivity index (χ0v) is 28.6. The summed E-state index contributed by atoms with van der Waals surface area (Å²) in [4.78, 5) is 73.7. The lowest BCUT2D eigenvalue weighted by Crippen LogP contribution is -2.46. The van der Waals surface area contributed by atoms with E-state index in [1.165, 1.54) is 21.7 Å². The lowest BCUT2D eigenvalue weighted by Gasteiger charge is -2.36. The van der Waals surface area contributed by atoms with Crippen LogP contribution in [0.15, 0.2) is 84.0 Å². The molecule has 6 rings (SSSR count). The number of imide groups is 1. The lowest BCUT2D eigenvalue weighted by molar-refractivity contribution is -0.143. The van der Waals surface area contributed by atoms with Crippen LogP contribution in [-0.4, -0.2) is 97.4 Å². The van der Waals surface area contributed by atoms with Gasteiger partial charge in [0.25, 0.3) is 17.4 Å². The zero-order valence-electron chi connectivity index (χ0n) is 28.6. The Bertz CT molecular complexity index is 1920. The van der Waals surface area contributed by atoms with E-state index in [9.17, 15) is 24.0 Å². The van der Waals surface area contributed by atoms with Crippen molar-refractivity contribution in [1.82, 2.24) is 14.5 Å². The Kier molecular flexibility index (Phi) is 11.5. The number of hydrogen-bond acceptors (Lipinski definition) is 10. The second-order valence-corrected chi connectivity index (χ2v) is 12.3. The predicted octanol–water partition coefficient (Wildman–Crippen LogP) is 3.54. The van der Waals surface area contributed by atoms with E-state index in [2.05, 4.69) is 16.0 Å². The van der Waals surface area contributed by atoms with E-state index < -0.39 is 5.97 Å². The first-order valence-electron chi connectivity index (χ1n) is 17.2. The topological polar surface area (TPSA) is 141 Å². The first kappa shape index (κ1) is 35.4. The number of fused-ring (bicyclic) bond motifs is 2. The maximum atomic E-state index is 14.3. The Hall–Kier alpha value is -5.40. The molecule has 2 aromatic heterocycles. The van der Waals surface area contributed by atoms with Gasteiger partial charge in [0.05, 0.1) is 74.2 Å². The van der Waals surface area contributed by atoms with Crippen molar-refractivity contribution >= 4 is 45.8 Å². The molecule has 0 bridgehead atoms. The maximum Gasteiger partial charge on any atom is 0.326 e. The summed E-state index contributed by atoms with van der Waals surface area (Å²) in [6.45, 7) is 3.99. The second kappa shape index (κ2) is 16.5. The van der Waals surface area contributed by atoms with Crippen LogP contribution < -0.4 is 15.4 Å². The number of aromatic nitrogens is 2. The van der Waals surface area contributed by atoms with Crippen LogP contribution in [0.5, 0.6) is 0 Å². The Morgan fingerprint density at radius 3 is 2.37 bits per heavy atom. The highest BCUT2D eigenvalue weighted by atomic mass is 16.5. The molecule has 2 aliphatic heterocycles. The summed E-state index contributed by atoms with van der Waals surface area (Å²) in [5.41, 5.74) is 1.85. The minimum atomic E-state index is -0.549. The minimum Gasteiger partial charge on any atom is -0.465 e. The molecule has 0 N–H and O–H groups in total. The van der Waals surface area contributed by atoms with Gasteiger partial charge in [0.1, 0.15) is 6.54 Å². The van der Waals surface area contributed by atoms with Crippen molar-refractivity contribution in [1.29, 1.82) is 0 Å². The van der Waals surface area contributed by atoms with Crippen molar-refractivity contribution in [2.75, 3.05) is 69.0 Å². The molecule has 1 atom stereocenters. The van der Waals surface area contributed by atoms with Crippen molar-refractivity contribution in [3.05, 3.63) is 101 Å². The van der Waals surface area contributed by atoms with Crippen LogP contribution in [0.1, 0.15) is 40.5 Å². The van der Waals surface area contributed by atoms with Crippen molar-refractivity contribution in [3.8, 4) is 0 Å². The molecule has 0 spiro atoms. The average molecular weight is 696 g/mol. The molecule has 0 aliphatic carbocycles. The number of rotatable bonds is 15. The third-order valence-electron chi connectivity index (χ3n) is 9.08. The smallest absolute Gasteiger partial charge is 0.326 e. The van der Waals surface area contributed by atoms with Gasteiger partial charge < -0.3 is 28.6 Å². The molecule has 0 radical (unpaired) electrons. The molecule has 4 aromatic rings. The van der Waals surface area contributed by atoms with Crippen LogP contribution >= 0.6 is 0 Å². The van der Waals surface area contributed by atoms with Gasteiger partial charge in [-0.2, -0.15) is 0 Å². The molecule has 13 heteroatoms. The lowest BCUT2D eigenvalue weighted by atomic mass is 9.95. The molecule has 0 unspecified atom stereocenters. The standard InChI is InChI=1S/C38H41N5O8/c1-2-51-35(45)26-41-25-29(13-14-34(41)44)42(16-18-49-20-21-50-19-17-43-37(47)31-11-5-6-12-32(31)38(43)48)36(46)28-9-7-15-40(24-28)33-23-39-22-27-8-3-4-10-30(27)33/h3-6,8,10-14,22-23,25,28H,2,7,9,15-21,24,26H2,1H3/t28-/m0/s1. The van der Waals surface area contributed by atoms with Crippen molar-refractivity contribution in [3.63, 3.8) is 0 Å². The van der Waals surface area contributed by atoms with Gasteiger partial charge in [0.2, 0.25) is 5.91 Å². The Morgan fingerprint density at radius 2 is 1.61 bits per heavy atom. The molecule has 1 fully saturated rings. The molecule has 0 saturated carbocycles. The Morgan fingerprint density at radius 1 is 0.882 bits per heavy atom. The Balaban J connectivity index is 1.08. The van der Waals surface area contributed by atoms with Gasteiger partial charge in [-0.3, -0.25) is 33.9 Å². The van der Waals surface area contributed by atoms with E-state index in [0.717, 1.165) is 29.4 Å². The molecule has 13 nitrogen and oxygen atoms in total. The van der Waals surface area contributed by atoms with Crippen LogP contribution in [0.3, 0.4) is 0 Å². The molecule has 266 valence electrons. The number of pyridine rings is 2. The quantitative estimate of drug-likeness (QED) is 0.103. The predicted molar refractivity (Wildman–Crippen MR) is 190 cm³/mol. The molecule has 2 aromatic carbocycles. The third-order valence-corrected chi connectivity index (χ3v) is 9.08. The van der Waals surface area contributed by atoms with E-state index in [1.807, 2.05) is 30.6 Å². The summed E-state index contributed by atoms with van der Waals surface area (Å²) >= 11 is 0. The summed E-state index contributed by atoms with van der Waals surface area (Å²) in [7, 11) is 0. The van der Waals surface area contributed by atoms with Gasteiger partial charge in [0.15, 0.2) is 0 Å². The van der Waals surface area contributed by atoms with Crippen molar-refractivity contribution in [2.45, 2.75) is 26.3 Å². The van der Waals surface area contributed by atoms with Crippen LogP contribution in [0.4, 0.5) is 11.4 Å².